The number of thioether (sulfide) groups is 1. The number of Topliss-reactive ketones (excluding diaryl/α,β-unsaturated/α-hetero) is 1. The summed E-state index contributed by atoms with van der Waals surface area (Å²) in [5, 5.41) is 0.292. The molecule has 0 radical (unpaired) electrons. The molecule has 2 nitrogen and oxygen atoms in total. The van der Waals surface area contributed by atoms with Gasteiger partial charge < -0.3 is 0 Å². The van der Waals surface area contributed by atoms with Crippen LogP contribution < -0.4 is 0 Å². The van der Waals surface area contributed by atoms with Crippen LogP contribution in [-0.4, -0.2) is 22.5 Å². The third-order valence-electron chi connectivity index (χ3n) is 4.38. The van der Waals surface area contributed by atoms with Crippen molar-refractivity contribution in [2.45, 2.75) is 30.4 Å². The second-order valence-corrected chi connectivity index (χ2v) is 7.24. The number of fused-ring (bicyclic) bond motifs is 1. The summed E-state index contributed by atoms with van der Waals surface area (Å²) in [6, 6.07) is 4.90. The zero-order valence-corrected chi connectivity index (χ0v) is 12.8. The topological polar surface area (TPSA) is 29.4 Å². The summed E-state index contributed by atoms with van der Waals surface area (Å²) in [5.41, 5.74) is 3.73. The van der Waals surface area contributed by atoms with E-state index in [1.54, 1.807) is 6.07 Å². The second kappa shape index (κ2) is 4.96. The largest absolute Gasteiger partial charge is 0.294 e. The number of carbonyl (C=O) groups excluding carboxylic acids is 1. The predicted molar refractivity (Wildman–Crippen MR) is 83.7 cm³/mol. The quantitative estimate of drug-likeness (QED) is 0.778. The van der Waals surface area contributed by atoms with Gasteiger partial charge in [-0.05, 0) is 36.3 Å². The standard InChI is InChI=1S/C16H13ClFNOS/c17-9-2-1-8(7-10(9)18)14-15-11(3-4-13(15)20)19-12-5-6-21-16(12)14/h1-2,7,14,16H,3-6H2. The highest BCUT2D eigenvalue weighted by atomic mass is 35.5. The Morgan fingerprint density at radius 1 is 1.29 bits per heavy atom. The number of allylic oxidation sites excluding steroid dienone is 2. The van der Waals surface area contributed by atoms with E-state index in [9.17, 15) is 9.18 Å². The molecule has 1 aromatic rings. The smallest absolute Gasteiger partial charge is 0.161 e. The van der Waals surface area contributed by atoms with Crippen molar-refractivity contribution >= 4 is 34.9 Å². The molecule has 1 saturated heterocycles. The van der Waals surface area contributed by atoms with E-state index < -0.39 is 5.82 Å². The Hall–Kier alpha value is -1.13. The fourth-order valence-corrected chi connectivity index (χ4v) is 4.99. The maximum Gasteiger partial charge on any atom is 0.161 e. The third-order valence-corrected chi connectivity index (χ3v) is 6.03. The van der Waals surface area contributed by atoms with Crippen molar-refractivity contribution in [3.05, 3.63) is 45.9 Å². The molecule has 0 N–H and O–H groups in total. The molecule has 0 bridgehead atoms. The molecule has 4 rings (SSSR count). The van der Waals surface area contributed by atoms with Crippen molar-refractivity contribution in [3.8, 4) is 0 Å². The molecule has 1 aliphatic carbocycles. The molecule has 0 aromatic heterocycles. The minimum atomic E-state index is -0.422. The normalized spacial score (nSPS) is 27.7. The van der Waals surface area contributed by atoms with Gasteiger partial charge in [0.1, 0.15) is 5.82 Å². The van der Waals surface area contributed by atoms with E-state index >= 15 is 0 Å². The van der Waals surface area contributed by atoms with E-state index in [0.717, 1.165) is 41.1 Å². The van der Waals surface area contributed by atoms with Crippen molar-refractivity contribution in [2.75, 3.05) is 5.75 Å². The highest BCUT2D eigenvalue weighted by molar-refractivity contribution is 8.01. The van der Waals surface area contributed by atoms with Crippen LogP contribution in [-0.2, 0) is 4.79 Å². The molecule has 5 heteroatoms. The van der Waals surface area contributed by atoms with Crippen LogP contribution in [0.1, 0.15) is 30.7 Å². The zero-order valence-electron chi connectivity index (χ0n) is 11.2. The molecule has 0 spiro atoms. The van der Waals surface area contributed by atoms with Gasteiger partial charge in [-0.25, -0.2) is 4.39 Å². The van der Waals surface area contributed by atoms with E-state index in [-0.39, 0.29) is 22.0 Å². The highest BCUT2D eigenvalue weighted by Gasteiger charge is 2.43. The Morgan fingerprint density at radius 2 is 2.14 bits per heavy atom. The molecule has 1 fully saturated rings. The van der Waals surface area contributed by atoms with Crippen LogP contribution in [0, 0.1) is 5.82 Å². The summed E-state index contributed by atoms with van der Waals surface area (Å²) in [6.07, 6.45) is 2.22. The lowest BCUT2D eigenvalue weighted by Gasteiger charge is -2.29. The lowest BCUT2D eigenvalue weighted by atomic mass is 9.82. The van der Waals surface area contributed by atoms with Crippen molar-refractivity contribution in [1.82, 2.24) is 0 Å². The number of carbonyl (C=O) groups is 1. The van der Waals surface area contributed by atoms with E-state index in [4.69, 9.17) is 16.6 Å². The summed E-state index contributed by atoms with van der Waals surface area (Å²) in [4.78, 5) is 17.0. The predicted octanol–water partition coefficient (Wildman–Crippen LogP) is 4.14. The fraction of sp³-hybridized carbons (Fsp3) is 0.375. The van der Waals surface area contributed by atoms with Crippen molar-refractivity contribution < 1.29 is 9.18 Å². The molecule has 2 unspecified atom stereocenters. The van der Waals surface area contributed by atoms with E-state index in [1.807, 2.05) is 17.8 Å². The van der Waals surface area contributed by atoms with Gasteiger partial charge >= 0.3 is 0 Å². The first-order chi connectivity index (χ1) is 10.1. The van der Waals surface area contributed by atoms with Crippen LogP contribution >= 0.6 is 23.4 Å². The van der Waals surface area contributed by atoms with Gasteiger partial charge in [0, 0.05) is 29.3 Å². The monoisotopic (exact) mass is 321 g/mol. The van der Waals surface area contributed by atoms with Gasteiger partial charge in [-0.2, -0.15) is 11.8 Å². The van der Waals surface area contributed by atoms with Gasteiger partial charge in [-0.3, -0.25) is 9.79 Å². The van der Waals surface area contributed by atoms with E-state index in [1.165, 1.54) is 6.07 Å². The number of halogens is 2. The summed E-state index contributed by atoms with van der Waals surface area (Å²) in [6.45, 7) is 0. The highest BCUT2D eigenvalue weighted by Crippen LogP contribution is 2.48. The van der Waals surface area contributed by atoms with Gasteiger partial charge in [-0.1, -0.05) is 17.7 Å². The lowest BCUT2D eigenvalue weighted by molar-refractivity contribution is -0.115. The molecular weight excluding hydrogens is 309 g/mol. The molecule has 21 heavy (non-hydrogen) atoms. The van der Waals surface area contributed by atoms with Gasteiger partial charge in [0.2, 0.25) is 0 Å². The summed E-state index contributed by atoms with van der Waals surface area (Å²) >= 11 is 7.61. The van der Waals surface area contributed by atoms with Crippen LogP contribution in [0.4, 0.5) is 4.39 Å². The summed E-state index contributed by atoms with van der Waals surface area (Å²) in [7, 11) is 0. The van der Waals surface area contributed by atoms with Crippen molar-refractivity contribution in [2.24, 2.45) is 4.99 Å². The molecule has 1 aromatic carbocycles. The van der Waals surface area contributed by atoms with Crippen molar-refractivity contribution in [1.29, 1.82) is 0 Å². The first kappa shape index (κ1) is 13.5. The van der Waals surface area contributed by atoms with Crippen LogP contribution in [0.2, 0.25) is 5.02 Å². The third kappa shape index (κ3) is 2.08. The number of hydrogen-bond acceptors (Lipinski definition) is 3. The molecule has 108 valence electrons. The van der Waals surface area contributed by atoms with Crippen LogP contribution in [0.5, 0.6) is 0 Å². The number of hydrogen-bond donors (Lipinski definition) is 0. The van der Waals surface area contributed by atoms with E-state index in [0.29, 0.717) is 6.42 Å². The van der Waals surface area contributed by atoms with Gasteiger partial charge in [0.15, 0.2) is 5.78 Å². The first-order valence-corrected chi connectivity index (χ1v) is 8.48. The van der Waals surface area contributed by atoms with Crippen LogP contribution in [0.3, 0.4) is 0 Å². The zero-order chi connectivity index (χ0) is 14.6. The Bertz CT molecular complexity index is 712. The maximum atomic E-state index is 13.8. The van der Waals surface area contributed by atoms with Crippen LogP contribution in [0.25, 0.3) is 0 Å². The second-order valence-electron chi connectivity index (χ2n) is 5.58. The van der Waals surface area contributed by atoms with E-state index in [2.05, 4.69) is 0 Å². The summed E-state index contributed by atoms with van der Waals surface area (Å²) in [5.74, 6) is 0.696. The Balaban J connectivity index is 1.86. The Kier molecular flexibility index (Phi) is 3.19. The van der Waals surface area contributed by atoms with Gasteiger partial charge in [0.25, 0.3) is 0 Å². The average Bonchev–Trinajstić information content (AvgIpc) is 3.07. The molecule has 3 aliphatic rings. The van der Waals surface area contributed by atoms with Gasteiger partial charge in [-0.15, -0.1) is 0 Å². The fourth-order valence-electron chi connectivity index (χ4n) is 3.44. The molecule has 2 aliphatic heterocycles. The minimum absolute atomic E-state index is 0.0678. The minimum Gasteiger partial charge on any atom is -0.294 e. The molecular formula is C16H13ClFNOS. The number of benzene rings is 1. The first-order valence-electron chi connectivity index (χ1n) is 7.05. The Labute approximate surface area is 131 Å². The molecule has 2 atom stereocenters. The molecule has 0 amide bonds. The summed E-state index contributed by atoms with van der Waals surface area (Å²) < 4.78 is 13.8. The Morgan fingerprint density at radius 3 is 2.95 bits per heavy atom. The van der Waals surface area contributed by atoms with Crippen LogP contribution in [0.15, 0.2) is 34.5 Å². The molecule has 2 heterocycles. The molecule has 0 saturated carbocycles. The average molecular weight is 322 g/mol. The SMILES string of the molecule is O=C1CCC2=C1C(c1ccc(Cl)c(F)c1)C1SCCC1=N2. The number of ketones is 1. The number of aliphatic imine (C=N–C) groups is 1. The number of nitrogens with zero attached hydrogens (tertiary/aromatic N) is 1. The van der Waals surface area contributed by atoms with Gasteiger partial charge in [0.05, 0.1) is 10.3 Å². The lowest BCUT2D eigenvalue weighted by Crippen LogP contribution is -2.28. The van der Waals surface area contributed by atoms with Crippen molar-refractivity contribution in [3.63, 3.8) is 0 Å². The number of rotatable bonds is 1. The maximum absolute atomic E-state index is 13.8.